The Labute approximate surface area is 108 Å². The topological polar surface area (TPSA) is 39.4 Å². The van der Waals surface area contributed by atoms with Gasteiger partial charge >= 0.3 is 0 Å². The molecule has 0 saturated heterocycles. The van der Waals surface area contributed by atoms with Gasteiger partial charge in [-0.05, 0) is 40.5 Å². The summed E-state index contributed by atoms with van der Waals surface area (Å²) in [6, 6.07) is 7.02. The maximum atomic E-state index is 12.1. The summed E-state index contributed by atoms with van der Waals surface area (Å²) in [6.45, 7) is 1.93. The summed E-state index contributed by atoms with van der Waals surface area (Å²) in [7, 11) is 1.58. The molecule has 0 aliphatic heterocycles. The minimum absolute atomic E-state index is 0.167. The molecule has 0 aliphatic carbocycles. The Kier molecular flexibility index (Phi) is 3.33. The largest absolute Gasteiger partial charge is 0.496 e. The number of halogens is 1. The number of hydrogen-bond acceptors (Lipinski definition) is 3. The van der Waals surface area contributed by atoms with E-state index in [0.717, 1.165) is 5.56 Å². The molecular weight excluding hydrogens is 284 g/mol. The SMILES string of the molecule is COc1cc(C(=O)c2occc2Br)ccc1C. The van der Waals surface area contributed by atoms with Crippen molar-refractivity contribution in [3.8, 4) is 5.75 Å². The zero-order chi connectivity index (χ0) is 12.4. The van der Waals surface area contributed by atoms with E-state index in [2.05, 4.69) is 15.9 Å². The summed E-state index contributed by atoms with van der Waals surface area (Å²) in [5.74, 6) is 0.828. The summed E-state index contributed by atoms with van der Waals surface area (Å²) < 4.78 is 11.0. The van der Waals surface area contributed by atoms with Crippen LogP contribution in [0.4, 0.5) is 0 Å². The van der Waals surface area contributed by atoms with E-state index >= 15 is 0 Å². The van der Waals surface area contributed by atoms with Crippen LogP contribution in [0.2, 0.25) is 0 Å². The maximum absolute atomic E-state index is 12.1. The van der Waals surface area contributed by atoms with Crippen LogP contribution in [-0.2, 0) is 0 Å². The lowest BCUT2D eigenvalue weighted by Crippen LogP contribution is -2.01. The Bertz CT molecular complexity index is 558. The average Bonchev–Trinajstić information content (AvgIpc) is 2.75. The van der Waals surface area contributed by atoms with E-state index in [-0.39, 0.29) is 5.78 Å². The lowest BCUT2D eigenvalue weighted by Gasteiger charge is -2.06. The van der Waals surface area contributed by atoms with E-state index in [1.165, 1.54) is 6.26 Å². The molecule has 2 aromatic rings. The quantitative estimate of drug-likeness (QED) is 0.812. The molecule has 0 amide bonds. The molecule has 0 fully saturated rings. The van der Waals surface area contributed by atoms with Gasteiger partial charge in [0.05, 0.1) is 17.8 Å². The zero-order valence-electron chi connectivity index (χ0n) is 9.49. The van der Waals surface area contributed by atoms with Crippen LogP contribution in [0, 0.1) is 6.92 Å². The highest BCUT2D eigenvalue weighted by Crippen LogP contribution is 2.24. The molecule has 88 valence electrons. The van der Waals surface area contributed by atoms with E-state index in [4.69, 9.17) is 9.15 Å². The van der Waals surface area contributed by atoms with Crippen LogP contribution >= 0.6 is 15.9 Å². The predicted molar refractivity (Wildman–Crippen MR) is 67.6 cm³/mol. The Balaban J connectivity index is 2.41. The fraction of sp³-hybridized carbons (Fsp3) is 0.154. The fourth-order valence-electron chi connectivity index (χ4n) is 1.55. The first-order valence-corrected chi connectivity index (χ1v) is 5.85. The van der Waals surface area contributed by atoms with Crippen LogP contribution in [0.1, 0.15) is 21.7 Å². The molecule has 0 radical (unpaired) electrons. The van der Waals surface area contributed by atoms with Crippen molar-refractivity contribution in [1.29, 1.82) is 0 Å². The second kappa shape index (κ2) is 4.75. The third kappa shape index (κ3) is 2.26. The molecule has 0 N–H and O–H groups in total. The van der Waals surface area contributed by atoms with Gasteiger partial charge in [0.25, 0.3) is 0 Å². The van der Waals surface area contributed by atoms with Crippen molar-refractivity contribution < 1.29 is 13.9 Å². The van der Waals surface area contributed by atoms with Crippen LogP contribution < -0.4 is 4.74 Å². The minimum atomic E-state index is -0.167. The number of ether oxygens (including phenoxy) is 1. The lowest BCUT2D eigenvalue weighted by molar-refractivity contribution is 0.101. The fourth-order valence-corrected chi connectivity index (χ4v) is 1.93. The molecule has 3 nitrogen and oxygen atoms in total. The van der Waals surface area contributed by atoms with Crippen LogP contribution in [0.3, 0.4) is 0 Å². The summed E-state index contributed by atoms with van der Waals surface area (Å²) in [5, 5.41) is 0. The Morgan fingerprint density at radius 3 is 2.71 bits per heavy atom. The Morgan fingerprint density at radius 2 is 2.12 bits per heavy atom. The molecule has 0 saturated carbocycles. The van der Waals surface area contributed by atoms with Crippen molar-refractivity contribution >= 4 is 21.7 Å². The van der Waals surface area contributed by atoms with Crippen molar-refractivity contribution in [1.82, 2.24) is 0 Å². The zero-order valence-corrected chi connectivity index (χ0v) is 11.1. The lowest BCUT2D eigenvalue weighted by atomic mass is 10.1. The highest BCUT2D eigenvalue weighted by Gasteiger charge is 2.17. The molecule has 1 heterocycles. The monoisotopic (exact) mass is 294 g/mol. The Morgan fingerprint density at radius 1 is 1.35 bits per heavy atom. The first-order chi connectivity index (χ1) is 8.13. The standard InChI is InChI=1S/C13H11BrO3/c1-8-3-4-9(7-11(8)16-2)12(15)13-10(14)5-6-17-13/h3-7H,1-2H3. The van der Waals surface area contributed by atoms with Crippen molar-refractivity contribution in [3.63, 3.8) is 0 Å². The molecule has 0 bridgehead atoms. The molecule has 0 aliphatic rings. The summed E-state index contributed by atoms with van der Waals surface area (Å²) in [5.41, 5.74) is 1.53. The van der Waals surface area contributed by atoms with Gasteiger partial charge in [0, 0.05) is 5.56 Å². The highest BCUT2D eigenvalue weighted by atomic mass is 79.9. The van der Waals surface area contributed by atoms with Crippen molar-refractivity contribution in [3.05, 3.63) is 51.9 Å². The molecule has 17 heavy (non-hydrogen) atoms. The van der Waals surface area contributed by atoms with Gasteiger partial charge in [-0.25, -0.2) is 0 Å². The first-order valence-electron chi connectivity index (χ1n) is 5.06. The van der Waals surface area contributed by atoms with E-state index in [1.807, 2.05) is 13.0 Å². The molecule has 4 heteroatoms. The van der Waals surface area contributed by atoms with E-state index in [0.29, 0.717) is 21.5 Å². The second-order valence-electron chi connectivity index (χ2n) is 3.61. The van der Waals surface area contributed by atoms with E-state index < -0.39 is 0 Å². The van der Waals surface area contributed by atoms with Gasteiger partial charge in [-0.1, -0.05) is 12.1 Å². The van der Waals surface area contributed by atoms with Crippen LogP contribution in [0.15, 0.2) is 39.4 Å². The van der Waals surface area contributed by atoms with Gasteiger partial charge in [0.1, 0.15) is 5.75 Å². The third-order valence-corrected chi connectivity index (χ3v) is 3.12. The molecule has 0 spiro atoms. The van der Waals surface area contributed by atoms with E-state index in [9.17, 15) is 4.79 Å². The van der Waals surface area contributed by atoms with Crippen LogP contribution in [0.25, 0.3) is 0 Å². The number of carbonyl (C=O) groups excluding carboxylic acids is 1. The second-order valence-corrected chi connectivity index (χ2v) is 4.47. The first kappa shape index (κ1) is 11.9. The summed E-state index contributed by atoms with van der Waals surface area (Å²) >= 11 is 3.27. The van der Waals surface area contributed by atoms with Crippen LogP contribution in [-0.4, -0.2) is 12.9 Å². The maximum Gasteiger partial charge on any atom is 0.229 e. The predicted octanol–water partition coefficient (Wildman–Crippen LogP) is 3.59. The third-order valence-electron chi connectivity index (χ3n) is 2.49. The van der Waals surface area contributed by atoms with Gasteiger partial charge in [0.2, 0.25) is 5.78 Å². The normalized spacial score (nSPS) is 10.3. The van der Waals surface area contributed by atoms with Gasteiger partial charge in [-0.15, -0.1) is 0 Å². The van der Waals surface area contributed by atoms with Crippen molar-refractivity contribution in [2.24, 2.45) is 0 Å². The number of ketones is 1. The summed E-state index contributed by atoms with van der Waals surface area (Å²) in [4.78, 5) is 12.1. The number of aryl methyl sites for hydroxylation is 1. The molecule has 1 aromatic heterocycles. The van der Waals surface area contributed by atoms with Gasteiger partial charge in [-0.2, -0.15) is 0 Å². The molecular formula is C13H11BrO3. The van der Waals surface area contributed by atoms with Crippen molar-refractivity contribution in [2.45, 2.75) is 6.92 Å². The Hall–Kier alpha value is -1.55. The minimum Gasteiger partial charge on any atom is -0.496 e. The molecule has 1 aromatic carbocycles. The smallest absolute Gasteiger partial charge is 0.229 e. The highest BCUT2D eigenvalue weighted by molar-refractivity contribution is 9.10. The number of carbonyl (C=O) groups is 1. The number of benzene rings is 1. The molecule has 0 unspecified atom stereocenters. The van der Waals surface area contributed by atoms with E-state index in [1.54, 1.807) is 25.3 Å². The molecule has 2 rings (SSSR count). The number of furan rings is 1. The van der Waals surface area contributed by atoms with Gasteiger partial charge in [-0.3, -0.25) is 4.79 Å². The number of rotatable bonds is 3. The van der Waals surface area contributed by atoms with Crippen molar-refractivity contribution in [2.75, 3.05) is 7.11 Å². The summed E-state index contributed by atoms with van der Waals surface area (Å²) in [6.07, 6.45) is 1.47. The van der Waals surface area contributed by atoms with Gasteiger partial charge < -0.3 is 9.15 Å². The molecule has 0 atom stereocenters. The average molecular weight is 295 g/mol. The van der Waals surface area contributed by atoms with Gasteiger partial charge in [0.15, 0.2) is 5.76 Å². The van der Waals surface area contributed by atoms with Crippen LogP contribution in [0.5, 0.6) is 5.75 Å². The number of methoxy groups -OCH3 is 1. The number of hydrogen-bond donors (Lipinski definition) is 0.